The van der Waals surface area contributed by atoms with Crippen molar-refractivity contribution in [3.05, 3.63) is 217 Å². The summed E-state index contributed by atoms with van der Waals surface area (Å²) in [6.45, 7) is 4.72. The van der Waals surface area contributed by atoms with Gasteiger partial charge in [0.25, 0.3) is 0 Å². The molecule has 12 rings (SSSR count). The number of hydrogen-bond acceptors (Lipinski definition) is 3. The Bertz CT molecular complexity index is 3410. The summed E-state index contributed by atoms with van der Waals surface area (Å²) in [5.41, 5.74) is 16.0. The lowest BCUT2D eigenvalue weighted by atomic mass is 9.78. The standard InChI is InChI=1S/C58H40N4/c1-58(2)51-26-12-11-21-45(51)46-22-13-23-47(52(46)58)48-24-14-25-49-50-36-35-41-19-9-10-20-44(41)53(50)62(54(48)49)57-60-55(42-31-27-39(28-32-42)37-15-5-3-6-16-37)59-56(61-57)43-33-29-40(30-34-43)38-17-7-4-8-18-38/h3-36H,1-2H3. The predicted octanol–water partition coefficient (Wildman–Crippen LogP) is 14.8. The molecule has 1 aliphatic carbocycles. The number of aromatic nitrogens is 4. The molecule has 0 amide bonds. The Morgan fingerprint density at radius 1 is 0.339 bits per heavy atom. The molecule has 0 spiro atoms. The van der Waals surface area contributed by atoms with Crippen LogP contribution in [0.2, 0.25) is 0 Å². The summed E-state index contributed by atoms with van der Waals surface area (Å²) in [5.74, 6) is 1.80. The van der Waals surface area contributed by atoms with E-state index >= 15 is 0 Å². The Kier molecular flexibility index (Phi) is 8.16. The largest absolute Gasteiger partial charge is 0.277 e. The maximum atomic E-state index is 5.46. The molecule has 62 heavy (non-hydrogen) atoms. The maximum absolute atomic E-state index is 5.46. The number of benzene rings is 9. The van der Waals surface area contributed by atoms with Crippen LogP contribution in [0.4, 0.5) is 0 Å². The summed E-state index contributed by atoms with van der Waals surface area (Å²) in [4.78, 5) is 16.2. The number of fused-ring (bicyclic) bond motifs is 8. The van der Waals surface area contributed by atoms with Gasteiger partial charge < -0.3 is 0 Å². The van der Waals surface area contributed by atoms with Crippen LogP contribution in [0.5, 0.6) is 0 Å². The molecule has 1 aliphatic rings. The van der Waals surface area contributed by atoms with Crippen LogP contribution >= 0.6 is 0 Å². The minimum atomic E-state index is -0.209. The van der Waals surface area contributed by atoms with Crippen molar-refractivity contribution in [2.45, 2.75) is 19.3 Å². The predicted molar refractivity (Wildman–Crippen MR) is 256 cm³/mol. The number of nitrogens with zero attached hydrogens (tertiary/aromatic N) is 4. The van der Waals surface area contributed by atoms with Crippen LogP contribution < -0.4 is 0 Å². The molecule has 0 saturated heterocycles. The fourth-order valence-corrected chi connectivity index (χ4v) is 9.92. The van der Waals surface area contributed by atoms with E-state index in [-0.39, 0.29) is 5.41 Å². The summed E-state index contributed by atoms with van der Waals surface area (Å²) >= 11 is 0. The quantitative estimate of drug-likeness (QED) is 0.168. The molecule has 2 heterocycles. The molecule has 0 N–H and O–H groups in total. The van der Waals surface area contributed by atoms with Crippen molar-refractivity contribution in [3.63, 3.8) is 0 Å². The van der Waals surface area contributed by atoms with Crippen molar-refractivity contribution >= 4 is 32.6 Å². The molecular formula is C58H40N4. The third kappa shape index (κ3) is 5.64. The Morgan fingerprint density at radius 3 is 1.47 bits per heavy atom. The van der Waals surface area contributed by atoms with Gasteiger partial charge in [-0.25, -0.2) is 4.98 Å². The lowest BCUT2D eigenvalue weighted by molar-refractivity contribution is 0.662. The van der Waals surface area contributed by atoms with Gasteiger partial charge in [-0.05, 0) is 55.5 Å². The minimum absolute atomic E-state index is 0.209. The van der Waals surface area contributed by atoms with E-state index in [9.17, 15) is 0 Å². The van der Waals surface area contributed by atoms with Crippen LogP contribution in [0.25, 0.3) is 106 Å². The van der Waals surface area contributed by atoms with Gasteiger partial charge in [0.2, 0.25) is 5.95 Å². The Balaban J connectivity index is 1.15. The van der Waals surface area contributed by atoms with Crippen molar-refractivity contribution in [2.24, 2.45) is 0 Å². The molecule has 2 aromatic heterocycles. The first kappa shape index (κ1) is 35.9. The summed E-state index contributed by atoms with van der Waals surface area (Å²) in [6.07, 6.45) is 0. The van der Waals surface area contributed by atoms with Gasteiger partial charge in [0.05, 0.1) is 11.0 Å². The average molecular weight is 793 g/mol. The van der Waals surface area contributed by atoms with Crippen LogP contribution in [0.3, 0.4) is 0 Å². The molecule has 292 valence electrons. The van der Waals surface area contributed by atoms with Gasteiger partial charge in [0.15, 0.2) is 11.6 Å². The minimum Gasteiger partial charge on any atom is -0.277 e. The lowest BCUT2D eigenvalue weighted by Crippen LogP contribution is -2.16. The summed E-state index contributed by atoms with van der Waals surface area (Å²) in [7, 11) is 0. The molecule has 0 unspecified atom stereocenters. The number of hydrogen-bond donors (Lipinski definition) is 0. The van der Waals surface area contributed by atoms with E-state index < -0.39 is 0 Å². The van der Waals surface area contributed by atoms with Crippen LogP contribution in [0.1, 0.15) is 25.0 Å². The fourth-order valence-electron chi connectivity index (χ4n) is 9.92. The molecule has 0 atom stereocenters. The number of para-hydroxylation sites is 1. The normalized spacial score (nSPS) is 12.8. The van der Waals surface area contributed by atoms with Gasteiger partial charge in [0, 0.05) is 38.3 Å². The van der Waals surface area contributed by atoms with E-state index in [0.717, 1.165) is 71.5 Å². The maximum Gasteiger partial charge on any atom is 0.238 e. The molecular weight excluding hydrogens is 753 g/mol. The topological polar surface area (TPSA) is 43.6 Å². The van der Waals surface area contributed by atoms with E-state index in [2.05, 4.69) is 213 Å². The van der Waals surface area contributed by atoms with Crippen molar-refractivity contribution in [2.75, 3.05) is 0 Å². The van der Waals surface area contributed by atoms with Crippen molar-refractivity contribution in [3.8, 4) is 73.2 Å². The molecule has 9 aromatic carbocycles. The van der Waals surface area contributed by atoms with Crippen LogP contribution in [-0.4, -0.2) is 19.5 Å². The molecule has 0 saturated carbocycles. The lowest BCUT2D eigenvalue weighted by Gasteiger charge is -2.25. The summed E-state index contributed by atoms with van der Waals surface area (Å²) in [6, 6.07) is 73.6. The molecule has 0 fully saturated rings. The zero-order valence-electron chi connectivity index (χ0n) is 34.4. The highest BCUT2D eigenvalue weighted by Crippen LogP contribution is 2.53. The number of rotatable bonds is 6. The van der Waals surface area contributed by atoms with E-state index in [4.69, 9.17) is 15.0 Å². The fraction of sp³-hybridized carbons (Fsp3) is 0.0517. The molecule has 4 heteroatoms. The second-order valence-corrected chi connectivity index (χ2v) is 16.8. The van der Waals surface area contributed by atoms with Crippen molar-refractivity contribution in [1.29, 1.82) is 0 Å². The van der Waals surface area contributed by atoms with Crippen molar-refractivity contribution < 1.29 is 0 Å². The third-order valence-electron chi connectivity index (χ3n) is 12.9. The zero-order chi connectivity index (χ0) is 41.4. The highest BCUT2D eigenvalue weighted by molar-refractivity contribution is 6.21. The van der Waals surface area contributed by atoms with Crippen LogP contribution in [0.15, 0.2) is 206 Å². The SMILES string of the molecule is CC1(C)c2ccccc2-c2cccc(-c3cccc4c5ccc6ccccc6c5n(-c5nc(-c6ccc(-c7ccccc7)cc6)nc(-c6ccc(-c7ccccc7)cc6)n5)c34)c21. The van der Waals surface area contributed by atoms with Crippen LogP contribution in [0, 0.1) is 0 Å². The Labute approximate surface area is 360 Å². The summed E-state index contributed by atoms with van der Waals surface area (Å²) < 4.78 is 2.32. The van der Waals surface area contributed by atoms with Gasteiger partial charge in [-0.2, -0.15) is 9.97 Å². The second-order valence-electron chi connectivity index (χ2n) is 16.8. The van der Waals surface area contributed by atoms with Gasteiger partial charge in [-0.1, -0.05) is 220 Å². The van der Waals surface area contributed by atoms with Gasteiger partial charge in [0.1, 0.15) is 0 Å². The molecule has 11 aromatic rings. The third-order valence-corrected chi connectivity index (χ3v) is 12.9. The Morgan fingerprint density at radius 2 is 0.806 bits per heavy atom. The smallest absolute Gasteiger partial charge is 0.238 e. The van der Waals surface area contributed by atoms with Gasteiger partial charge in [-0.15, -0.1) is 0 Å². The zero-order valence-corrected chi connectivity index (χ0v) is 34.4. The average Bonchev–Trinajstić information content (AvgIpc) is 3.81. The molecule has 4 nitrogen and oxygen atoms in total. The Hall–Kier alpha value is -7.95. The first-order valence-corrected chi connectivity index (χ1v) is 21.3. The van der Waals surface area contributed by atoms with Crippen LogP contribution in [-0.2, 0) is 5.41 Å². The van der Waals surface area contributed by atoms with E-state index in [1.165, 1.54) is 27.8 Å². The molecule has 0 aliphatic heterocycles. The summed E-state index contributed by atoms with van der Waals surface area (Å²) in [5, 5.41) is 4.60. The van der Waals surface area contributed by atoms with Crippen molar-refractivity contribution in [1.82, 2.24) is 19.5 Å². The highest BCUT2D eigenvalue weighted by Gasteiger charge is 2.38. The molecule has 0 radical (unpaired) electrons. The first-order valence-electron chi connectivity index (χ1n) is 21.3. The second kappa shape index (κ2) is 14.1. The monoisotopic (exact) mass is 792 g/mol. The van der Waals surface area contributed by atoms with Gasteiger partial charge >= 0.3 is 0 Å². The van der Waals surface area contributed by atoms with E-state index in [1.54, 1.807) is 0 Å². The van der Waals surface area contributed by atoms with E-state index in [0.29, 0.717) is 17.6 Å². The van der Waals surface area contributed by atoms with Gasteiger partial charge in [-0.3, -0.25) is 4.57 Å². The first-order chi connectivity index (χ1) is 30.5. The van der Waals surface area contributed by atoms with E-state index in [1.807, 2.05) is 12.1 Å². The highest BCUT2D eigenvalue weighted by atomic mass is 15.2. The molecule has 0 bridgehead atoms.